The number of rotatable bonds is 8. The largest absolute Gasteiger partial charge is 0.481 e. The fourth-order valence-electron chi connectivity index (χ4n) is 1.56. The summed E-state index contributed by atoms with van der Waals surface area (Å²) < 4.78 is 0. The van der Waals surface area contributed by atoms with Gasteiger partial charge in [0, 0.05) is 24.6 Å². The van der Waals surface area contributed by atoms with Crippen LogP contribution in [-0.4, -0.2) is 56.4 Å². The van der Waals surface area contributed by atoms with Crippen molar-refractivity contribution in [3.8, 4) is 0 Å². The summed E-state index contributed by atoms with van der Waals surface area (Å²) in [4.78, 5) is 45.5. The summed E-state index contributed by atoms with van der Waals surface area (Å²) in [6.07, 6.45) is -0.328. The van der Waals surface area contributed by atoms with Crippen molar-refractivity contribution < 1.29 is 29.4 Å². The fraction of sp³-hybridized carbons (Fsp3) is 0.667. The number of thioether (sulfide) groups is 1. The van der Waals surface area contributed by atoms with Crippen molar-refractivity contribution in [3.63, 3.8) is 0 Å². The van der Waals surface area contributed by atoms with E-state index in [2.05, 4.69) is 0 Å². The van der Waals surface area contributed by atoms with Crippen molar-refractivity contribution >= 4 is 34.7 Å². The number of aliphatic carboxylic acids is 2. The standard InChI is InChI=1S/C12H19NO6S/c1-7(6-20-9(3)14)12(19)13(5-11(17)18)8(2)4-10(15)16/h7-8H,4-6H2,1-3H3,(H,15,16)(H,17,18)/t7-,8-/m1/s1. The van der Waals surface area contributed by atoms with E-state index in [0.717, 1.165) is 16.7 Å². The van der Waals surface area contributed by atoms with Gasteiger partial charge in [0.2, 0.25) is 5.91 Å². The first-order chi connectivity index (χ1) is 9.15. The van der Waals surface area contributed by atoms with Crippen molar-refractivity contribution in [3.05, 3.63) is 0 Å². The third-order valence-electron chi connectivity index (χ3n) is 2.55. The van der Waals surface area contributed by atoms with Gasteiger partial charge >= 0.3 is 11.9 Å². The normalized spacial score (nSPS) is 13.3. The minimum Gasteiger partial charge on any atom is -0.481 e. The summed E-state index contributed by atoms with van der Waals surface area (Å²) in [7, 11) is 0. The van der Waals surface area contributed by atoms with Crippen LogP contribution in [0.15, 0.2) is 0 Å². The predicted molar refractivity (Wildman–Crippen MR) is 73.4 cm³/mol. The van der Waals surface area contributed by atoms with Gasteiger partial charge in [-0.2, -0.15) is 0 Å². The maximum absolute atomic E-state index is 12.2. The van der Waals surface area contributed by atoms with Crippen LogP contribution in [0.3, 0.4) is 0 Å². The van der Waals surface area contributed by atoms with Crippen molar-refractivity contribution in [1.82, 2.24) is 4.90 Å². The molecule has 0 aromatic rings. The number of hydrogen-bond donors (Lipinski definition) is 2. The van der Waals surface area contributed by atoms with Gasteiger partial charge in [-0.05, 0) is 6.92 Å². The second-order valence-electron chi connectivity index (χ2n) is 4.51. The molecule has 20 heavy (non-hydrogen) atoms. The lowest BCUT2D eigenvalue weighted by atomic mass is 10.1. The Kier molecular flexibility index (Phi) is 7.90. The van der Waals surface area contributed by atoms with E-state index in [1.54, 1.807) is 6.92 Å². The molecule has 2 atom stereocenters. The van der Waals surface area contributed by atoms with Gasteiger partial charge in [0.25, 0.3) is 0 Å². The van der Waals surface area contributed by atoms with Gasteiger partial charge in [0.1, 0.15) is 6.54 Å². The molecule has 0 unspecified atom stereocenters. The molecular formula is C12H19NO6S. The van der Waals surface area contributed by atoms with E-state index in [4.69, 9.17) is 10.2 Å². The van der Waals surface area contributed by atoms with Crippen molar-refractivity contribution in [1.29, 1.82) is 0 Å². The number of carbonyl (C=O) groups excluding carboxylic acids is 2. The first-order valence-electron chi connectivity index (χ1n) is 6.02. The minimum atomic E-state index is -1.21. The van der Waals surface area contributed by atoms with Gasteiger partial charge in [-0.25, -0.2) is 0 Å². The second-order valence-corrected chi connectivity index (χ2v) is 5.71. The molecule has 0 rings (SSSR count). The fourth-order valence-corrected chi connectivity index (χ4v) is 2.18. The molecule has 2 N–H and O–H groups in total. The number of amides is 1. The van der Waals surface area contributed by atoms with E-state index in [-0.39, 0.29) is 17.3 Å². The Labute approximate surface area is 121 Å². The Morgan fingerprint density at radius 3 is 2.05 bits per heavy atom. The highest BCUT2D eigenvalue weighted by molar-refractivity contribution is 8.13. The zero-order valence-corrected chi connectivity index (χ0v) is 12.5. The number of carboxylic acid groups (broad SMARTS) is 2. The summed E-state index contributed by atoms with van der Waals surface area (Å²) in [6.45, 7) is 3.90. The molecular weight excluding hydrogens is 286 g/mol. The number of nitrogens with zero attached hydrogens (tertiary/aromatic N) is 1. The average Bonchev–Trinajstić information content (AvgIpc) is 2.30. The van der Waals surface area contributed by atoms with Crippen molar-refractivity contribution in [2.75, 3.05) is 12.3 Å². The SMILES string of the molecule is CC(=O)SC[C@@H](C)C(=O)N(CC(=O)O)[C@H](C)CC(=O)O. The predicted octanol–water partition coefficient (Wildman–Crippen LogP) is 0.679. The van der Waals surface area contributed by atoms with Crippen LogP contribution in [0.5, 0.6) is 0 Å². The third-order valence-corrected chi connectivity index (χ3v) is 3.62. The lowest BCUT2D eigenvalue weighted by Crippen LogP contribution is -2.45. The van der Waals surface area contributed by atoms with E-state index in [1.165, 1.54) is 13.8 Å². The maximum atomic E-state index is 12.2. The van der Waals surface area contributed by atoms with Crippen LogP contribution in [0.4, 0.5) is 0 Å². The Morgan fingerprint density at radius 2 is 1.65 bits per heavy atom. The molecule has 7 nitrogen and oxygen atoms in total. The number of carbonyl (C=O) groups is 4. The summed E-state index contributed by atoms with van der Waals surface area (Å²) in [5, 5.41) is 17.4. The molecule has 0 radical (unpaired) electrons. The highest BCUT2D eigenvalue weighted by Gasteiger charge is 2.28. The molecule has 0 bridgehead atoms. The summed E-state index contributed by atoms with van der Waals surface area (Å²) in [5.74, 6) is -3.09. The van der Waals surface area contributed by atoms with Crippen LogP contribution in [0.2, 0.25) is 0 Å². The molecule has 0 aromatic heterocycles. The zero-order chi connectivity index (χ0) is 15.9. The molecule has 0 aliphatic heterocycles. The van der Waals surface area contributed by atoms with Crippen LogP contribution in [0.1, 0.15) is 27.2 Å². The van der Waals surface area contributed by atoms with Gasteiger partial charge in [-0.1, -0.05) is 18.7 Å². The maximum Gasteiger partial charge on any atom is 0.323 e. The highest BCUT2D eigenvalue weighted by atomic mass is 32.2. The minimum absolute atomic E-state index is 0.131. The van der Waals surface area contributed by atoms with Crippen molar-refractivity contribution in [2.45, 2.75) is 33.2 Å². The van der Waals surface area contributed by atoms with E-state index < -0.39 is 36.4 Å². The Bertz CT molecular complexity index is 397. The summed E-state index contributed by atoms with van der Waals surface area (Å²) >= 11 is 0.979. The molecule has 0 aromatic carbocycles. The lowest BCUT2D eigenvalue weighted by Gasteiger charge is -2.29. The lowest BCUT2D eigenvalue weighted by molar-refractivity contribution is -0.149. The van der Waals surface area contributed by atoms with Crippen LogP contribution in [0.25, 0.3) is 0 Å². The Balaban J connectivity index is 4.82. The van der Waals surface area contributed by atoms with E-state index in [9.17, 15) is 19.2 Å². The van der Waals surface area contributed by atoms with Crippen LogP contribution in [0, 0.1) is 5.92 Å². The van der Waals surface area contributed by atoms with Gasteiger partial charge in [-0.3, -0.25) is 19.2 Å². The Morgan fingerprint density at radius 1 is 1.10 bits per heavy atom. The topological polar surface area (TPSA) is 112 Å². The summed E-state index contributed by atoms with van der Waals surface area (Å²) in [5.41, 5.74) is 0. The molecule has 0 fully saturated rings. The second kappa shape index (κ2) is 8.57. The van der Waals surface area contributed by atoms with E-state index in [1.807, 2.05) is 0 Å². The molecule has 0 saturated carbocycles. The molecule has 0 saturated heterocycles. The zero-order valence-electron chi connectivity index (χ0n) is 11.7. The number of carboxylic acids is 2. The molecule has 0 spiro atoms. The highest BCUT2D eigenvalue weighted by Crippen LogP contribution is 2.15. The van der Waals surface area contributed by atoms with Gasteiger partial charge in [0.05, 0.1) is 6.42 Å². The van der Waals surface area contributed by atoms with Crippen molar-refractivity contribution in [2.24, 2.45) is 5.92 Å². The first kappa shape index (κ1) is 18.4. The molecule has 0 aliphatic rings. The average molecular weight is 305 g/mol. The summed E-state index contributed by atoms with van der Waals surface area (Å²) in [6, 6.07) is -0.721. The molecule has 0 aliphatic carbocycles. The van der Waals surface area contributed by atoms with Gasteiger partial charge in [0.15, 0.2) is 5.12 Å². The monoisotopic (exact) mass is 305 g/mol. The van der Waals surface area contributed by atoms with Crippen LogP contribution < -0.4 is 0 Å². The number of hydrogen-bond acceptors (Lipinski definition) is 5. The van der Waals surface area contributed by atoms with Crippen LogP contribution >= 0.6 is 11.8 Å². The quantitative estimate of drug-likeness (QED) is 0.678. The molecule has 0 heterocycles. The molecule has 8 heteroatoms. The Hall–Kier alpha value is -1.57. The van der Waals surface area contributed by atoms with Gasteiger partial charge < -0.3 is 15.1 Å². The van der Waals surface area contributed by atoms with E-state index >= 15 is 0 Å². The van der Waals surface area contributed by atoms with E-state index in [0.29, 0.717) is 0 Å². The smallest absolute Gasteiger partial charge is 0.323 e. The van der Waals surface area contributed by atoms with Crippen LogP contribution in [-0.2, 0) is 19.2 Å². The van der Waals surface area contributed by atoms with Gasteiger partial charge in [-0.15, -0.1) is 0 Å². The molecule has 114 valence electrons. The third kappa shape index (κ3) is 7.13. The molecule has 1 amide bonds. The first-order valence-corrected chi connectivity index (χ1v) is 7.01.